The second-order valence-electron chi connectivity index (χ2n) is 4.45. The van der Waals surface area contributed by atoms with Crippen LogP contribution in [0.1, 0.15) is 20.3 Å². The Balaban J connectivity index is 5.09. The number of carbonyl (C=O) groups excluding carboxylic acids is 1. The van der Waals surface area contributed by atoms with Crippen LogP contribution in [0.2, 0.25) is 0 Å². The number of carbonyl (C=O) groups is 2. The fourth-order valence-corrected chi connectivity index (χ4v) is 5.31. The summed E-state index contributed by atoms with van der Waals surface area (Å²) in [7, 11) is 0. The molecule has 102 valence electrons. The van der Waals surface area contributed by atoms with E-state index in [4.69, 9.17) is 10.8 Å². The second kappa shape index (κ2) is 7.00. The van der Waals surface area contributed by atoms with E-state index in [2.05, 4.69) is 0 Å². The summed E-state index contributed by atoms with van der Waals surface area (Å²) in [5.41, 5.74) is 5.32. The van der Waals surface area contributed by atoms with E-state index in [9.17, 15) is 14.8 Å². The zero-order valence-electron chi connectivity index (χ0n) is 10.6. The van der Waals surface area contributed by atoms with Crippen LogP contribution >= 0.6 is 19.8 Å². The minimum atomic E-state index is -1.75. The summed E-state index contributed by atoms with van der Waals surface area (Å²) >= 11 is -1.75. The fourth-order valence-electron chi connectivity index (χ4n) is 1.64. The Morgan fingerprint density at radius 3 is 2.06 bits per heavy atom. The summed E-state index contributed by atoms with van der Waals surface area (Å²) in [6, 6.07) is 0. The fraction of sp³-hybridized carbons (Fsp3) is 0.800. The first kappa shape index (κ1) is 16.4. The van der Waals surface area contributed by atoms with Gasteiger partial charge in [0.2, 0.25) is 0 Å². The van der Waals surface area contributed by atoms with Crippen molar-refractivity contribution in [1.29, 1.82) is 0 Å². The van der Waals surface area contributed by atoms with Crippen molar-refractivity contribution in [1.82, 2.24) is 5.06 Å². The first-order valence-electron chi connectivity index (χ1n) is 5.17. The predicted molar refractivity (Wildman–Crippen MR) is 73.4 cm³/mol. The molecule has 0 aliphatic carbocycles. The third-order valence-corrected chi connectivity index (χ3v) is 6.25. The molecule has 0 saturated heterocycles. The molecule has 0 aliphatic heterocycles. The first-order valence-corrected chi connectivity index (χ1v) is 10.7. The van der Waals surface area contributed by atoms with E-state index in [1.807, 2.05) is 23.7 Å². The van der Waals surface area contributed by atoms with Crippen molar-refractivity contribution in [2.75, 3.05) is 9.86 Å². The standard InChI is InChI=1S/C10H21IN2O4/c1-6(2)5-7(9(12)14)8(11(3)4)13(17)10(15)16/h6-8,17H,5H2,1-4H3,(H2,12,14)(H,15,16)/t7?,8-/m1/s1. The summed E-state index contributed by atoms with van der Waals surface area (Å²) in [4.78, 5) is 26.0. The van der Waals surface area contributed by atoms with Gasteiger partial charge in [0.15, 0.2) is 0 Å². The van der Waals surface area contributed by atoms with Gasteiger partial charge in [0.1, 0.15) is 0 Å². The number of amides is 2. The van der Waals surface area contributed by atoms with Gasteiger partial charge in [0.25, 0.3) is 0 Å². The van der Waals surface area contributed by atoms with E-state index >= 15 is 0 Å². The van der Waals surface area contributed by atoms with Gasteiger partial charge in [-0.1, -0.05) is 0 Å². The number of hydroxylamine groups is 2. The van der Waals surface area contributed by atoms with Gasteiger partial charge in [-0.3, -0.25) is 0 Å². The summed E-state index contributed by atoms with van der Waals surface area (Å²) < 4.78 is -0.656. The van der Waals surface area contributed by atoms with Crippen LogP contribution < -0.4 is 5.73 Å². The van der Waals surface area contributed by atoms with Gasteiger partial charge in [-0.25, -0.2) is 0 Å². The number of primary amides is 1. The normalized spacial score (nSPS) is 15.3. The van der Waals surface area contributed by atoms with Gasteiger partial charge in [0.05, 0.1) is 0 Å². The first-order chi connectivity index (χ1) is 7.68. The zero-order chi connectivity index (χ0) is 13.7. The van der Waals surface area contributed by atoms with E-state index in [0.717, 1.165) is 0 Å². The van der Waals surface area contributed by atoms with Gasteiger partial charge >= 0.3 is 109 Å². The van der Waals surface area contributed by atoms with Gasteiger partial charge in [0, 0.05) is 0 Å². The van der Waals surface area contributed by atoms with E-state index in [1.54, 1.807) is 0 Å². The van der Waals surface area contributed by atoms with E-state index in [0.29, 0.717) is 6.42 Å². The molecule has 0 fully saturated rings. The number of rotatable bonds is 6. The molecule has 1 unspecified atom stereocenters. The van der Waals surface area contributed by atoms with Gasteiger partial charge in [-0.05, 0) is 0 Å². The van der Waals surface area contributed by atoms with Crippen molar-refractivity contribution in [2.45, 2.75) is 24.3 Å². The molecule has 0 aromatic carbocycles. The SMILES string of the molecule is CC(C)CC(C(N)=O)[C@@H](N(O)C(=O)O)I(C)C. The van der Waals surface area contributed by atoms with Crippen molar-refractivity contribution in [2.24, 2.45) is 17.6 Å². The third kappa shape index (κ3) is 5.07. The molecule has 17 heavy (non-hydrogen) atoms. The van der Waals surface area contributed by atoms with Crippen LogP contribution in [0, 0.1) is 11.8 Å². The van der Waals surface area contributed by atoms with Crippen LogP contribution in [-0.2, 0) is 4.79 Å². The van der Waals surface area contributed by atoms with Crippen LogP contribution in [0.3, 0.4) is 0 Å². The molecule has 2 atom stereocenters. The average molecular weight is 360 g/mol. The molecule has 0 heterocycles. The Labute approximate surface area is 108 Å². The topological polar surface area (TPSA) is 104 Å². The molecule has 0 aromatic rings. The Kier molecular flexibility index (Phi) is 6.76. The second-order valence-corrected chi connectivity index (χ2v) is 10.4. The maximum absolute atomic E-state index is 11.4. The van der Waals surface area contributed by atoms with Crippen molar-refractivity contribution in [3.63, 3.8) is 0 Å². The van der Waals surface area contributed by atoms with Crippen molar-refractivity contribution < 1.29 is 19.9 Å². The molecular weight excluding hydrogens is 339 g/mol. The number of nitrogens with zero attached hydrogens (tertiary/aromatic N) is 1. The Morgan fingerprint density at radius 1 is 1.35 bits per heavy atom. The van der Waals surface area contributed by atoms with Crippen molar-refractivity contribution >= 4 is 31.8 Å². The number of hydrogen-bond donors (Lipinski definition) is 3. The summed E-state index contributed by atoms with van der Waals surface area (Å²) in [5.74, 6) is -0.945. The average Bonchev–Trinajstić information content (AvgIpc) is 2.14. The number of alkyl halides is 3. The molecular formula is C10H21IN2O4. The van der Waals surface area contributed by atoms with Crippen LogP contribution in [0.4, 0.5) is 4.79 Å². The molecule has 0 spiro atoms. The van der Waals surface area contributed by atoms with Crippen LogP contribution in [0.15, 0.2) is 0 Å². The molecule has 0 radical (unpaired) electrons. The molecule has 0 saturated carbocycles. The van der Waals surface area contributed by atoms with Crippen LogP contribution in [0.5, 0.6) is 0 Å². The monoisotopic (exact) mass is 360 g/mol. The molecule has 7 heteroatoms. The molecule has 0 bridgehead atoms. The Morgan fingerprint density at radius 2 is 1.82 bits per heavy atom. The molecule has 0 aliphatic rings. The van der Waals surface area contributed by atoms with Gasteiger partial charge in [-0.15, -0.1) is 0 Å². The summed E-state index contributed by atoms with van der Waals surface area (Å²) in [6.45, 7) is 3.86. The third-order valence-electron chi connectivity index (χ3n) is 2.30. The van der Waals surface area contributed by atoms with E-state index < -0.39 is 41.8 Å². The van der Waals surface area contributed by atoms with Crippen LogP contribution in [0.25, 0.3) is 0 Å². The number of nitrogens with two attached hydrogens (primary N) is 1. The number of hydrogen-bond acceptors (Lipinski definition) is 3. The van der Waals surface area contributed by atoms with Crippen molar-refractivity contribution in [3.05, 3.63) is 0 Å². The predicted octanol–water partition coefficient (Wildman–Crippen LogP) is 1.60. The maximum atomic E-state index is 11.4. The molecule has 6 nitrogen and oxygen atoms in total. The number of carboxylic acid groups (broad SMARTS) is 1. The molecule has 4 N–H and O–H groups in total. The quantitative estimate of drug-likeness (QED) is 0.220. The van der Waals surface area contributed by atoms with E-state index in [-0.39, 0.29) is 11.0 Å². The summed E-state index contributed by atoms with van der Waals surface area (Å²) in [6.07, 6.45) is -0.948. The van der Waals surface area contributed by atoms with E-state index in [1.165, 1.54) is 0 Å². The van der Waals surface area contributed by atoms with Crippen LogP contribution in [-0.4, -0.2) is 41.3 Å². The van der Waals surface area contributed by atoms with Crippen molar-refractivity contribution in [3.8, 4) is 0 Å². The Hall–Kier alpha value is -0.570. The minimum absolute atomic E-state index is 0.216. The van der Waals surface area contributed by atoms with Gasteiger partial charge in [-0.2, -0.15) is 0 Å². The molecule has 0 aromatic heterocycles. The Bertz CT molecular complexity index is 283. The molecule has 2 amide bonds. The molecule has 0 rings (SSSR count). The number of halogens is 1. The summed E-state index contributed by atoms with van der Waals surface area (Å²) in [5, 5.41) is 18.6. The zero-order valence-corrected chi connectivity index (χ0v) is 12.7. The van der Waals surface area contributed by atoms with Gasteiger partial charge < -0.3 is 0 Å².